The van der Waals surface area contributed by atoms with E-state index in [0.717, 1.165) is 24.0 Å². The van der Waals surface area contributed by atoms with Gasteiger partial charge in [-0.25, -0.2) is 0 Å². The second-order valence-corrected chi connectivity index (χ2v) is 20.9. The fourth-order valence-electron chi connectivity index (χ4n) is 2.86. The van der Waals surface area contributed by atoms with Crippen molar-refractivity contribution in [2.75, 3.05) is 6.61 Å². The molecule has 29 heavy (non-hydrogen) atoms. The van der Waals surface area contributed by atoms with Crippen molar-refractivity contribution < 1.29 is 18.4 Å². The van der Waals surface area contributed by atoms with Crippen LogP contribution in [-0.4, -0.2) is 41.4 Å². The molecule has 1 aliphatic carbocycles. The Hall–Kier alpha value is -0.696. The standard InChI is InChI=1S/C23H44O4Si2/c1-17-19(13-14-25-18(2)24)15-20(26-28(9,10)22(3,4)5)16-21(17)27-29(11,12)23(6,7)8/h13,20-21H,1,14-16H2,2-12H3. The highest BCUT2D eigenvalue weighted by molar-refractivity contribution is 6.74. The number of carbonyl (C=O) groups is 1. The summed E-state index contributed by atoms with van der Waals surface area (Å²) in [6.07, 6.45) is 3.65. The van der Waals surface area contributed by atoms with Crippen LogP contribution in [0.3, 0.4) is 0 Å². The number of hydrogen-bond donors (Lipinski definition) is 0. The van der Waals surface area contributed by atoms with Crippen LogP contribution in [0.2, 0.25) is 36.3 Å². The molecular weight excluding hydrogens is 396 g/mol. The lowest BCUT2D eigenvalue weighted by molar-refractivity contribution is -0.139. The van der Waals surface area contributed by atoms with Gasteiger partial charge in [0.2, 0.25) is 0 Å². The van der Waals surface area contributed by atoms with Crippen molar-refractivity contribution in [2.45, 2.75) is 110 Å². The monoisotopic (exact) mass is 440 g/mol. The summed E-state index contributed by atoms with van der Waals surface area (Å²) in [4.78, 5) is 11.2. The van der Waals surface area contributed by atoms with Crippen LogP contribution in [-0.2, 0) is 18.4 Å². The van der Waals surface area contributed by atoms with Gasteiger partial charge in [0, 0.05) is 13.3 Å². The summed E-state index contributed by atoms with van der Waals surface area (Å²) in [5, 5.41) is 0.279. The molecule has 0 aromatic heterocycles. The number of ether oxygens (including phenoxy) is 1. The normalized spacial score (nSPS) is 23.4. The lowest BCUT2D eigenvalue weighted by atomic mass is 9.86. The van der Waals surface area contributed by atoms with Crippen LogP contribution in [0.5, 0.6) is 0 Å². The summed E-state index contributed by atoms with van der Waals surface area (Å²) in [7, 11) is -3.86. The molecule has 0 saturated heterocycles. The summed E-state index contributed by atoms with van der Waals surface area (Å²) in [5.74, 6) is -0.272. The molecule has 1 fully saturated rings. The molecule has 0 aliphatic heterocycles. The maximum Gasteiger partial charge on any atom is 0.302 e. The molecule has 2 unspecified atom stereocenters. The van der Waals surface area contributed by atoms with E-state index in [1.54, 1.807) is 0 Å². The Kier molecular flexibility index (Phi) is 8.36. The molecule has 0 spiro atoms. The highest BCUT2D eigenvalue weighted by atomic mass is 28.4. The minimum atomic E-state index is -1.96. The highest BCUT2D eigenvalue weighted by Gasteiger charge is 2.44. The SMILES string of the molecule is C=C1C(=CCOC(C)=O)CC(O[Si](C)(C)C(C)(C)C)CC1O[Si](C)(C)C(C)(C)C. The van der Waals surface area contributed by atoms with Crippen molar-refractivity contribution in [2.24, 2.45) is 0 Å². The first-order valence-corrected chi connectivity index (χ1v) is 16.6. The number of rotatable bonds is 6. The maximum atomic E-state index is 11.2. The van der Waals surface area contributed by atoms with Crippen LogP contribution in [0, 0.1) is 0 Å². The van der Waals surface area contributed by atoms with Crippen LogP contribution in [0.25, 0.3) is 0 Å². The third kappa shape index (κ3) is 7.19. The summed E-state index contributed by atoms with van der Waals surface area (Å²) < 4.78 is 18.7. The Morgan fingerprint density at radius 3 is 1.97 bits per heavy atom. The number of carbonyl (C=O) groups excluding carboxylic acids is 1. The molecule has 1 aliphatic rings. The van der Waals surface area contributed by atoms with Gasteiger partial charge in [-0.15, -0.1) is 0 Å². The first-order chi connectivity index (χ1) is 12.9. The Morgan fingerprint density at radius 1 is 1.03 bits per heavy atom. The Labute approximate surface area is 181 Å². The van der Waals surface area contributed by atoms with Gasteiger partial charge >= 0.3 is 5.97 Å². The Morgan fingerprint density at radius 2 is 1.52 bits per heavy atom. The van der Waals surface area contributed by atoms with Crippen molar-refractivity contribution in [3.05, 3.63) is 23.8 Å². The van der Waals surface area contributed by atoms with Crippen LogP contribution < -0.4 is 0 Å². The third-order valence-corrected chi connectivity index (χ3v) is 15.9. The smallest absolute Gasteiger partial charge is 0.302 e. The van der Waals surface area contributed by atoms with E-state index in [4.69, 9.17) is 13.6 Å². The fraction of sp³-hybridized carbons (Fsp3) is 0.783. The lowest BCUT2D eigenvalue weighted by Crippen LogP contribution is -2.49. The van der Waals surface area contributed by atoms with Crippen molar-refractivity contribution in [1.82, 2.24) is 0 Å². The minimum Gasteiger partial charge on any atom is -0.462 e. The topological polar surface area (TPSA) is 44.8 Å². The van der Waals surface area contributed by atoms with Gasteiger partial charge in [-0.05, 0) is 59.9 Å². The van der Waals surface area contributed by atoms with Crippen molar-refractivity contribution in [3.8, 4) is 0 Å². The van der Waals surface area contributed by atoms with Gasteiger partial charge in [0.1, 0.15) is 6.61 Å². The van der Waals surface area contributed by atoms with Gasteiger partial charge in [-0.1, -0.05) is 48.1 Å². The Bertz CT molecular complexity index is 636. The Balaban J connectivity index is 3.14. The predicted octanol–water partition coefficient (Wildman–Crippen LogP) is 6.61. The molecule has 4 nitrogen and oxygen atoms in total. The quantitative estimate of drug-likeness (QED) is 0.344. The van der Waals surface area contributed by atoms with Gasteiger partial charge in [-0.2, -0.15) is 0 Å². The van der Waals surface area contributed by atoms with Gasteiger partial charge in [0.15, 0.2) is 16.6 Å². The van der Waals surface area contributed by atoms with E-state index in [1.807, 2.05) is 6.08 Å². The van der Waals surface area contributed by atoms with Crippen LogP contribution in [0.1, 0.15) is 61.3 Å². The van der Waals surface area contributed by atoms with Gasteiger partial charge in [0.05, 0.1) is 12.2 Å². The van der Waals surface area contributed by atoms with E-state index in [9.17, 15) is 4.79 Å². The second kappa shape index (κ2) is 9.20. The maximum absolute atomic E-state index is 11.2. The van der Waals surface area contributed by atoms with E-state index in [1.165, 1.54) is 6.92 Å². The molecule has 168 valence electrons. The number of hydrogen-bond acceptors (Lipinski definition) is 4. The molecular formula is C23H44O4Si2. The van der Waals surface area contributed by atoms with E-state index >= 15 is 0 Å². The average molecular weight is 441 g/mol. The second-order valence-electron chi connectivity index (χ2n) is 11.4. The lowest BCUT2D eigenvalue weighted by Gasteiger charge is -2.45. The van der Waals surface area contributed by atoms with Crippen molar-refractivity contribution in [3.63, 3.8) is 0 Å². The molecule has 0 heterocycles. The summed E-state index contributed by atoms with van der Waals surface area (Å²) in [5.41, 5.74) is 2.11. The highest BCUT2D eigenvalue weighted by Crippen LogP contribution is 2.43. The average Bonchev–Trinajstić information content (AvgIpc) is 2.48. The summed E-state index contributed by atoms with van der Waals surface area (Å²) in [6.45, 7) is 28.8. The molecule has 2 atom stereocenters. The molecule has 0 N–H and O–H groups in total. The zero-order chi connectivity index (χ0) is 22.8. The van der Waals surface area contributed by atoms with E-state index in [-0.39, 0.29) is 34.9 Å². The molecule has 0 amide bonds. The van der Waals surface area contributed by atoms with Gasteiger partial charge < -0.3 is 13.6 Å². The molecule has 1 saturated carbocycles. The van der Waals surface area contributed by atoms with Crippen molar-refractivity contribution in [1.29, 1.82) is 0 Å². The largest absolute Gasteiger partial charge is 0.462 e. The zero-order valence-electron chi connectivity index (χ0n) is 20.7. The van der Waals surface area contributed by atoms with Crippen LogP contribution in [0.15, 0.2) is 23.8 Å². The zero-order valence-corrected chi connectivity index (χ0v) is 22.7. The predicted molar refractivity (Wildman–Crippen MR) is 127 cm³/mol. The fourth-order valence-corrected chi connectivity index (χ4v) is 5.53. The van der Waals surface area contributed by atoms with Gasteiger partial charge in [-0.3, -0.25) is 4.79 Å². The van der Waals surface area contributed by atoms with Crippen LogP contribution >= 0.6 is 0 Å². The first-order valence-electron chi connectivity index (χ1n) is 10.7. The molecule has 0 radical (unpaired) electrons. The van der Waals surface area contributed by atoms with Gasteiger partial charge in [0.25, 0.3) is 0 Å². The van der Waals surface area contributed by atoms with Crippen molar-refractivity contribution >= 4 is 22.6 Å². The van der Waals surface area contributed by atoms with E-state index in [2.05, 4.69) is 74.3 Å². The van der Waals surface area contributed by atoms with E-state index < -0.39 is 16.6 Å². The molecule has 0 bridgehead atoms. The molecule has 0 aromatic rings. The first kappa shape index (κ1) is 26.3. The number of esters is 1. The summed E-state index contributed by atoms with van der Waals surface area (Å²) in [6, 6.07) is 0. The molecule has 0 aromatic carbocycles. The molecule has 1 rings (SSSR count). The summed E-state index contributed by atoms with van der Waals surface area (Å²) >= 11 is 0. The van der Waals surface area contributed by atoms with Crippen LogP contribution in [0.4, 0.5) is 0 Å². The third-order valence-electron chi connectivity index (χ3n) is 6.85. The van der Waals surface area contributed by atoms with E-state index in [0.29, 0.717) is 0 Å². The molecule has 6 heteroatoms. The minimum absolute atomic E-state index is 0.0528.